The minimum atomic E-state index is 0.273. The number of hydrogen-bond donors (Lipinski definition) is 2. The lowest BCUT2D eigenvalue weighted by Crippen LogP contribution is -2.36. The summed E-state index contributed by atoms with van der Waals surface area (Å²) >= 11 is 1.81. The van der Waals surface area contributed by atoms with E-state index in [0.29, 0.717) is 0 Å². The molecule has 0 aromatic heterocycles. The summed E-state index contributed by atoms with van der Waals surface area (Å²) in [5, 5.41) is 0. The Morgan fingerprint density at radius 2 is 2.12 bits per heavy atom. The van der Waals surface area contributed by atoms with Crippen molar-refractivity contribution in [3.05, 3.63) is 0 Å². The highest BCUT2D eigenvalue weighted by Gasteiger charge is 2.13. The van der Waals surface area contributed by atoms with Crippen molar-refractivity contribution in [1.29, 1.82) is 0 Å². The van der Waals surface area contributed by atoms with Crippen molar-refractivity contribution in [2.45, 2.75) is 18.6 Å². The Bertz CT molecular complexity index is 63.4. The topological polar surface area (TPSA) is 38.0 Å². The van der Waals surface area contributed by atoms with Crippen LogP contribution < -0.4 is 11.3 Å². The molecule has 0 fully saturated rings. The molecule has 2 nitrogen and oxygen atoms in total. The molecule has 0 aliphatic rings. The molecule has 0 aromatic carbocycles. The maximum atomic E-state index is 5.13. The molecule has 0 atom stereocenters. The van der Waals surface area contributed by atoms with E-state index in [-0.39, 0.29) is 4.75 Å². The van der Waals surface area contributed by atoms with Gasteiger partial charge in [-0.05, 0) is 20.1 Å². The van der Waals surface area contributed by atoms with Gasteiger partial charge in [-0.2, -0.15) is 11.8 Å². The summed E-state index contributed by atoms with van der Waals surface area (Å²) < 4.78 is 0.273. The second-order valence-corrected chi connectivity index (χ2v) is 3.86. The Labute approximate surface area is 55.2 Å². The van der Waals surface area contributed by atoms with Gasteiger partial charge in [0.2, 0.25) is 0 Å². The molecule has 0 amide bonds. The van der Waals surface area contributed by atoms with Gasteiger partial charge in [-0.3, -0.25) is 11.3 Å². The summed E-state index contributed by atoms with van der Waals surface area (Å²) in [5.41, 5.74) is 2.64. The molecule has 8 heavy (non-hydrogen) atoms. The van der Waals surface area contributed by atoms with Gasteiger partial charge in [0.05, 0.1) is 0 Å². The number of hydrazine groups is 1. The molecule has 0 aliphatic heterocycles. The minimum Gasteiger partial charge on any atom is -0.271 e. The zero-order chi connectivity index (χ0) is 6.62. The molecular formula is C5H14N2S. The molecule has 0 rings (SSSR count). The number of thioether (sulfide) groups is 1. The number of hydrogen-bond acceptors (Lipinski definition) is 3. The first-order valence-electron chi connectivity index (χ1n) is 2.61. The lowest BCUT2D eigenvalue weighted by atomic mass is 10.2. The van der Waals surface area contributed by atoms with Crippen LogP contribution in [0.25, 0.3) is 0 Å². The van der Waals surface area contributed by atoms with Crippen LogP contribution in [0.15, 0.2) is 0 Å². The number of rotatable bonds is 3. The number of nitrogens with one attached hydrogen (secondary N) is 1. The van der Waals surface area contributed by atoms with Crippen LogP contribution in [0.1, 0.15) is 13.8 Å². The van der Waals surface area contributed by atoms with E-state index < -0.39 is 0 Å². The second kappa shape index (κ2) is 3.33. The van der Waals surface area contributed by atoms with Crippen molar-refractivity contribution < 1.29 is 0 Å². The summed E-state index contributed by atoms with van der Waals surface area (Å²) in [6.45, 7) is 5.16. The number of nitrogens with two attached hydrogens (primary N) is 1. The average Bonchev–Trinajstić information content (AvgIpc) is 1.67. The highest BCUT2D eigenvalue weighted by atomic mass is 32.2. The Balaban J connectivity index is 3.37. The smallest absolute Gasteiger partial charge is 0.0240 e. The van der Waals surface area contributed by atoms with E-state index in [1.165, 1.54) is 0 Å². The fraction of sp³-hybridized carbons (Fsp3) is 1.00. The molecule has 50 valence electrons. The molecule has 0 saturated heterocycles. The van der Waals surface area contributed by atoms with E-state index in [1.54, 1.807) is 0 Å². The predicted molar refractivity (Wildman–Crippen MR) is 39.8 cm³/mol. The van der Waals surface area contributed by atoms with E-state index in [0.717, 1.165) is 6.54 Å². The van der Waals surface area contributed by atoms with Crippen molar-refractivity contribution in [1.82, 2.24) is 5.43 Å². The predicted octanol–water partition coefficient (Wildman–Crippen LogP) is 0.591. The van der Waals surface area contributed by atoms with E-state index >= 15 is 0 Å². The average molecular weight is 134 g/mol. The molecular weight excluding hydrogens is 120 g/mol. The van der Waals surface area contributed by atoms with E-state index in [4.69, 9.17) is 5.84 Å². The van der Waals surface area contributed by atoms with Gasteiger partial charge in [0, 0.05) is 11.3 Å². The van der Waals surface area contributed by atoms with Crippen molar-refractivity contribution in [3.8, 4) is 0 Å². The van der Waals surface area contributed by atoms with Crippen molar-refractivity contribution in [3.63, 3.8) is 0 Å². The fourth-order valence-corrected chi connectivity index (χ4v) is 0.546. The van der Waals surface area contributed by atoms with Gasteiger partial charge in [-0.15, -0.1) is 0 Å². The Kier molecular flexibility index (Phi) is 3.44. The maximum absolute atomic E-state index is 5.13. The van der Waals surface area contributed by atoms with Gasteiger partial charge in [-0.25, -0.2) is 0 Å². The van der Waals surface area contributed by atoms with Crippen LogP contribution in [-0.4, -0.2) is 17.5 Å². The standard InChI is InChI=1S/C5H14N2S/c1-5(2,8-3)4-7-6/h7H,4,6H2,1-3H3. The highest BCUT2D eigenvalue weighted by molar-refractivity contribution is 7.99. The SMILES string of the molecule is CSC(C)(C)CNN. The minimum absolute atomic E-state index is 0.273. The molecule has 0 bridgehead atoms. The molecule has 0 aliphatic carbocycles. The zero-order valence-corrected chi connectivity index (χ0v) is 6.51. The van der Waals surface area contributed by atoms with Crippen LogP contribution in [0.4, 0.5) is 0 Å². The first-order chi connectivity index (χ1) is 3.62. The molecule has 3 heteroatoms. The monoisotopic (exact) mass is 134 g/mol. The van der Waals surface area contributed by atoms with Crippen LogP contribution in [0.2, 0.25) is 0 Å². The molecule has 0 aromatic rings. The molecule has 3 N–H and O–H groups in total. The van der Waals surface area contributed by atoms with Gasteiger partial charge >= 0.3 is 0 Å². The van der Waals surface area contributed by atoms with E-state index in [9.17, 15) is 0 Å². The van der Waals surface area contributed by atoms with Crippen LogP contribution in [0, 0.1) is 0 Å². The van der Waals surface area contributed by atoms with Gasteiger partial charge in [0.25, 0.3) is 0 Å². The Morgan fingerprint density at radius 3 is 2.25 bits per heavy atom. The van der Waals surface area contributed by atoms with Crippen molar-refractivity contribution in [2.24, 2.45) is 5.84 Å². The van der Waals surface area contributed by atoms with Crippen LogP contribution in [0.5, 0.6) is 0 Å². The lowest BCUT2D eigenvalue weighted by Gasteiger charge is -2.20. The quantitative estimate of drug-likeness (QED) is 0.438. The third-order valence-electron chi connectivity index (χ3n) is 1.08. The maximum Gasteiger partial charge on any atom is 0.0240 e. The Morgan fingerprint density at radius 1 is 1.62 bits per heavy atom. The summed E-state index contributed by atoms with van der Waals surface area (Å²) in [5.74, 6) is 5.13. The van der Waals surface area contributed by atoms with Crippen LogP contribution in [-0.2, 0) is 0 Å². The normalized spacial score (nSPS) is 12.0. The van der Waals surface area contributed by atoms with Gasteiger partial charge < -0.3 is 0 Å². The first-order valence-corrected chi connectivity index (χ1v) is 3.83. The molecule has 0 spiro atoms. The molecule has 0 saturated carbocycles. The third-order valence-corrected chi connectivity index (χ3v) is 2.33. The van der Waals surface area contributed by atoms with Gasteiger partial charge in [-0.1, -0.05) is 0 Å². The van der Waals surface area contributed by atoms with Crippen molar-refractivity contribution >= 4 is 11.8 Å². The highest BCUT2D eigenvalue weighted by Crippen LogP contribution is 2.18. The van der Waals surface area contributed by atoms with E-state index in [2.05, 4.69) is 25.5 Å². The van der Waals surface area contributed by atoms with Crippen LogP contribution in [0.3, 0.4) is 0 Å². The molecule has 0 radical (unpaired) electrons. The van der Waals surface area contributed by atoms with E-state index in [1.807, 2.05) is 11.8 Å². The fourth-order valence-electron chi connectivity index (χ4n) is 0.318. The lowest BCUT2D eigenvalue weighted by molar-refractivity contribution is 0.611. The van der Waals surface area contributed by atoms with Gasteiger partial charge in [0.1, 0.15) is 0 Å². The molecule has 0 unspecified atom stereocenters. The van der Waals surface area contributed by atoms with Gasteiger partial charge in [0.15, 0.2) is 0 Å². The molecule has 0 heterocycles. The third kappa shape index (κ3) is 3.29. The summed E-state index contributed by atoms with van der Waals surface area (Å²) in [6, 6.07) is 0. The zero-order valence-electron chi connectivity index (χ0n) is 5.69. The summed E-state index contributed by atoms with van der Waals surface area (Å²) in [7, 11) is 0. The van der Waals surface area contributed by atoms with Crippen molar-refractivity contribution in [2.75, 3.05) is 12.8 Å². The first kappa shape index (κ1) is 8.27. The Hall–Kier alpha value is 0.270. The summed E-state index contributed by atoms with van der Waals surface area (Å²) in [6.07, 6.45) is 2.08. The second-order valence-electron chi connectivity index (χ2n) is 2.34. The summed E-state index contributed by atoms with van der Waals surface area (Å²) in [4.78, 5) is 0. The van der Waals surface area contributed by atoms with Crippen LogP contribution >= 0.6 is 11.8 Å². The largest absolute Gasteiger partial charge is 0.271 e.